The molecule has 3 rings (SSSR count). The van der Waals surface area contributed by atoms with Gasteiger partial charge in [-0.05, 0) is 24.6 Å². The van der Waals surface area contributed by atoms with Crippen LogP contribution in [0.5, 0.6) is 5.75 Å². The van der Waals surface area contributed by atoms with Gasteiger partial charge in [-0.3, -0.25) is 4.98 Å². The average Bonchev–Trinajstić information content (AvgIpc) is 2.61. The van der Waals surface area contributed by atoms with Crippen LogP contribution >= 0.6 is 0 Å². The summed E-state index contributed by atoms with van der Waals surface area (Å²) in [6, 6.07) is 5.63. The van der Waals surface area contributed by atoms with E-state index in [9.17, 15) is 13.2 Å². The molecule has 0 saturated carbocycles. The predicted molar refractivity (Wildman–Crippen MR) is 96.9 cm³/mol. The predicted octanol–water partition coefficient (Wildman–Crippen LogP) is 3.43. The highest BCUT2D eigenvalue weighted by molar-refractivity contribution is 5.65. The van der Waals surface area contributed by atoms with E-state index in [0.29, 0.717) is 23.0 Å². The molecule has 8 nitrogen and oxygen atoms in total. The van der Waals surface area contributed by atoms with Crippen molar-refractivity contribution in [3.63, 3.8) is 0 Å². The van der Waals surface area contributed by atoms with Crippen molar-refractivity contribution in [3.8, 4) is 17.1 Å². The summed E-state index contributed by atoms with van der Waals surface area (Å²) in [5, 5.41) is 2.86. The van der Waals surface area contributed by atoms with Crippen molar-refractivity contribution >= 4 is 17.5 Å². The largest absolute Gasteiger partial charge is 0.573 e. The molecule has 3 N–H and O–H groups in total. The van der Waals surface area contributed by atoms with Crippen molar-refractivity contribution in [1.82, 2.24) is 25.4 Å². The highest BCUT2D eigenvalue weighted by atomic mass is 19.4. The van der Waals surface area contributed by atoms with Gasteiger partial charge in [0.2, 0.25) is 0 Å². The number of anilines is 3. The van der Waals surface area contributed by atoms with E-state index in [1.807, 2.05) is 13.0 Å². The monoisotopic (exact) mass is 391 g/mol. The molecule has 0 radical (unpaired) electrons. The van der Waals surface area contributed by atoms with Gasteiger partial charge >= 0.3 is 6.36 Å². The van der Waals surface area contributed by atoms with Gasteiger partial charge < -0.3 is 15.5 Å². The maximum absolute atomic E-state index is 12.4. The topological polar surface area (TPSA) is 96.9 Å². The number of nitrogens with one attached hydrogen (secondary N) is 3. The van der Waals surface area contributed by atoms with Crippen LogP contribution < -0.4 is 20.9 Å². The highest BCUT2D eigenvalue weighted by Gasteiger charge is 2.31. The van der Waals surface area contributed by atoms with Gasteiger partial charge in [0, 0.05) is 43.3 Å². The summed E-state index contributed by atoms with van der Waals surface area (Å²) >= 11 is 0. The first-order valence-corrected chi connectivity index (χ1v) is 8.06. The molecule has 3 heterocycles. The molecular weight excluding hydrogens is 375 g/mol. The smallest absolute Gasteiger partial charge is 0.406 e. The quantitative estimate of drug-likeness (QED) is 0.550. The van der Waals surface area contributed by atoms with Crippen LogP contribution in [0.25, 0.3) is 11.4 Å². The number of alkyl halides is 3. The maximum atomic E-state index is 12.4. The van der Waals surface area contributed by atoms with Gasteiger partial charge in [0.15, 0.2) is 5.82 Å². The van der Waals surface area contributed by atoms with E-state index in [-0.39, 0.29) is 5.82 Å². The van der Waals surface area contributed by atoms with Gasteiger partial charge in [-0.1, -0.05) is 0 Å². The number of nitrogens with zero attached hydrogens (tertiary/aromatic N) is 4. The number of hydrogen-bond donors (Lipinski definition) is 3. The fourth-order valence-corrected chi connectivity index (χ4v) is 2.33. The Labute approximate surface area is 158 Å². The van der Waals surface area contributed by atoms with E-state index in [4.69, 9.17) is 0 Å². The van der Waals surface area contributed by atoms with Crippen LogP contribution in [-0.2, 0) is 0 Å². The van der Waals surface area contributed by atoms with E-state index in [1.165, 1.54) is 6.20 Å². The zero-order valence-corrected chi connectivity index (χ0v) is 14.9. The number of rotatable bonds is 6. The molecule has 0 aromatic carbocycles. The van der Waals surface area contributed by atoms with Gasteiger partial charge in [-0.15, -0.1) is 13.2 Å². The Hall–Kier alpha value is -3.47. The number of aromatic nitrogens is 4. The Morgan fingerprint density at radius 3 is 2.50 bits per heavy atom. The summed E-state index contributed by atoms with van der Waals surface area (Å²) in [5.74, 6) is 0.889. The van der Waals surface area contributed by atoms with Crippen LogP contribution in [-0.4, -0.2) is 33.3 Å². The molecule has 3 aromatic rings. The Bertz CT molecular complexity index is 965. The first kappa shape index (κ1) is 19.3. The highest BCUT2D eigenvalue weighted by Crippen LogP contribution is 2.27. The van der Waals surface area contributed by atoms with Crippen molar-refractivity contribution in [3.05, 3.63) is 48.4 Å². The molecule has 0 aliphatic heterocycles. The maximum Gasteiger partial charge on any atom is 0.573 e. The molecule has 0 saturated heterocycles. The standard InChI is InChI=1S/C17H16F3N7O/c1-10-3-5-22-9-12(10)16-25-14(8-15(26-16)27-21-2)24-13-7-11(4-6-23-13)28-17(18,19)20/h3-9,21H,1-2H3,(H2,23,24,25,26,27). The molecule has 0 amide bonds. The third-order valence-corrected chi connectivity index (χ3v) is 3.48. The van der Waals surface area contributed by atoms with Gasteiger partial charge in [0.1, 0.15) is 23.2 Å². The summed E-state index contributed by atoms with van der Waals surface area (Å²) in [6.45, 7) is 1.89. The minimum atomic E-state index is -4.79. The third kappa shape index (κ3) is 5.04. The summed E-state index contributed by atoms with van der Waals surface area (Å²) in [6.07, 6.45) is -0.302. The van der Waals surface area contributed by atoms with Crippen LogP contribution in [0.4, 0.5) is 30.6 Å². The van der Waals surface area contributed by atoms with Gasteiger partial charge in [0.05, 0.1) is 0 Å². The van der Waals surface area contributed by atoms with E-state index in [0.717, 1.165) is 17.7 Å². The van der Waals surface area contributed by atoms with Crippen LogP contribution in [0.2, 0.25) is 0 Å². The minimum absolute atomic E-state index is 0.129. The Balaban J connectivity index is 1.94. The average molecular weight is 391 g/mol. The first-order chi connectivity index (χ1) is 13.3. The van der Waals surface area contributed by atoms with Crippen molar-refractivity contribution in [1.29, 1.82) is 0 Å². The Morgan fingerprint density at radius 1 is 1.00 bits per heavy atom. The number of hydrazine groups is 1. The Morgan fingerprint density at radius 2 is 1.79 bits per heavy atom. The van der Waals surface area contributed by atoms with Gasteiger partial charge in [-0.2, -0.15) is 0 Å². The van der Waals surface area contributed by atoms with Crippen molar-refractivity contribution in [2.45, 2.75) is 13.3 Å². The molecule has 0 spiro atoms. The Kier molecular flexibility index (Phi) is 5.54. The van der Waals surface area contributed by atoms with Crippen LogP contribution in [0, 0.1) is 6.92 Å². The molecule has 0 fully saturated rings. The SMILES string of the molecule is CNNc1cc(Nc2cc(OC(F)(F)F)ccn2)nc(-c2cnccc2C)n1. The lowest BCUT2D eigenvalue weighted by Crippen LogP contribution is -2.17. The van der Waals surface area contributed by atoms with E-state index in [2.05, 4.69) is 40.8 Å². The lowest BCUT2D eigenvalue weighted by Gasteiger charge is -2.13. The second-order valence-electron chi connectivity index (χ2n) is 5.58. The zero-order chi connectivity index (χ0) is 20.1. The summed E-state index contributed by atoms with van der Waals surface area (Å²) in [4.78, 5) is 16.9. The molecule has 28 heavy (non-hydrogen) atoms. The van der Waals surface area contributed by atoms with Crippen molar-refractivity contribution in [2.24, 2.45) is 0 Å². The molecule has 0 aliphatic carbocycles. The zero-order valence-electron chi connectivity index (χ0n) is 14.9. The molecule has 0 atom stereocenters. The molecular formula is C17H16F3N7O. The number of hydrogen-bond acceptors (Lipinski definition) is 8. The fraction of sp³-hybridized carbons (Fsp3) is 0.176. The second kappa shape index (κ2) is 8.05. The van der Waals surface area contributed by atoms with Crippen molar-refractivity contribution in [2.75, 3.05) is 17.8 Å². The lowest BCUT2D eigenvalue weighted by atomic mass is 10.1. The van der Waals surface area contributed by atoms with Crippen molar-refractivity contribution < 1.29 is 17.9 Å². The summed E-state index contributed by atoms with van der Waals surface area (Å²) < 4.78 is 41.1. The van der Waals surface area contributed by atoms with E-state index < -0.39 is 12.1 Å². The van der Waals surface area contributed by atoms with Crippen LogP contribution in [0.3, 0.4) is 0 Å². The summed E-state index contributed by atoms with van der Waals surface area (Å²) in [5.41, 5.74) is 7.24. The number of halogens is 3. The normalized spacial score (nSPS) is 11.2. The number of aryl methyl sites for hydroxylation is 1. The molecule has 11 heteroatoms. The minimum Gasteiger partial charge on any atom is -0.406 e. The molecule has 146 valence electrons. The lowest BCUT2D eigenvalue weighted by molar-refractivity contribution is -0.274. The van der Waals surface area contributed by atoms with Gasteiger partial charge in [0.25, 0.3) is 0 Å². The first-order valence-electron chi connectivity index (χ1n) is 8.06. The van der Waals surface area contributed by atoms with Crippen LogP contribution in [0.15, 0.2) is 42.9 Å². The molecule has 0 unspecified atom stereocenters. The molecule has 0 bridgehead atoms. The fourth-order valence-electron chi connectivity index (χ4n) is 2.33. The second-order valence-corrected chi connectivity index (χ2v) is 5.58. The van der Waals surface area contributed by atoms with E-state index >= 15 is 0 Å². The summed E-state index contributed by atoms with van der Waals surface area (Å²) in [7, 11) is 1.67. The van der Waals surface area contributed by atoms with Gasteiger partial charge in [-0.25, -0.2) is 20.4 Å². The van der Waals surface area contributed by atoms with E-state index in [1.54, 1.807) is 25.5 Å². The number of ether oxygens (including phenoxy) is 1. The molecule has 3 aromatic heterocycles. The third-order valence-electron chi connectivity index (χ3n) is 3.48. The molecule has 0 aliphatic rings. The number of pyridine rings is 2. The van der Waals surface area contributed by atoms with Crippen LogP contribution in [0.1, 0.15) is 5.56 Å².